The molecule has 0 aliphatic heterocycles. The number of nitrogens with zero attached hydrogens (tertiary/aromatic N) is 1. The molecule has 1 nitrogen and oxygen atoms in total. The van der Waals surface area contributed by atoms with Crippen molar-refractivity contribution in [3.63, 3.8) is 0 Å². The first kappa shape index (κ1) is 29.2. The van der Waals surface area contributed by atoms with E-state index in [1.165, 1.54) is 147 Å². The third kappa shape index (κ3) is 16.7. The second kappa shape index (κ2) is 22.0. The molecule has 1 unspecified atom stereocenters. The minimum Gasteiger partial charge on any atom is -0.205 e. The van der Waals surface area contributed by atoms with Gasteiger partial charge in [0.15, 0.2) is 12.4 Å². The molecule has 1 heterocycles. The van der Waals surface area contributed by atoms with E-state index in [4.69, 9.17) is 0 Å². The van der Waals surface area contributed by atoms with Crippen LogP contribution in [0.1, 0.15) is 155 Å². The van der Waals surface area contributed by atoms with Crippen molar-refractivity contribution < 1.29 is 4.57 Å². The molecule has 0 amide bonds. The lowest BCUT2D eigenvalue weighted by molar-refractivity contribution is -0.697. The summed E-state index contributed by atoms with van der Waals surface area (Å²) < 4.78 is 2.44. The highest BCUT2D eigenvalue weighted by Crippen LogP contribution is 2.22. The molecule has 0 aromatic carbocycles. The molecular weight excluding hydrogens is 386 g/mol. The Morgan fingerprint density at radius 3 is 1.75 bits per heavy atom. The summed E-state index contributed by atoms with van der Waals surface area (Å²) in [6, 6.07) is 4.54. The van der Waals surface area contributed by atoms with E-state index in [0.717, 1.165) is 5.92 Å². The van der Waals surface area contributed by atoms with Gasteiger partial charge in [-0.1, -0.05) is 130 Å². The first-order valence-corrected chi connectivity index (χ1v) is 14.8. The van der Waals surface area contributed by atoms with E-state index in [9.17, 15) is 0 Å². The largest absolute Gasteiger partial charge is 0.205 e. The molecule has 32 heavy (non-hydrogen) atoms. The molecule has 0 saturated carbocycles. The third-order valence-electron chi connectivity index (χ3n) is 7.20. The summed E-state index contributed by atoms with van der Waals surface area (Å²) in [5.74, 6) is 0.960. The zero-order valence-corrected chi connectivity index (χ0v) is 22.4. The lowest BCUT2D eigenvalue weighted by Gasteiger charge is -2.16. The summed E-state index contributed by atoms with van der Waals surface area (Å²) >= 11 is 0. The predicted molar refractivity (Wildman–Crippen MR) is 143 cm³/mol. The average Bonchev–Trinajstić information content (AvgIpc) is 2.81. The smallest absolute Gasteiger partial charge is 0.171 e. The van der Waals surface area contributed by atoms with E-state index in [2.05, 4.69) is 49.9 Å². The highest BCUT2D eigenvalue weighted by atomic mass is 14.9. The average molecular weight is 445 g/mol. The van der Waals surface area contributed by atoms with Gasteiger partial charge in [0.25, 0.3) is 0 Å². The maximum absolute atomic E-state index is 2.44. The van der Waals surface area contributed by atoms with Gasteiger partial charge in [0.2, 0.25) is 0 Å². The van der Waals surface area contributed by atoms with Crippen molar-refractivity contribution in [1.29, 1.82) is 0 Å². The summed E-state index contributed by atoms with van der Waals surface area (Å²) in [5, 5.41) is 0. The zero-order valence-electron chi connectivity index (χ0n) is 22.4. The minimum atomic E-state index is 0.960. The summed E-state index contributed by atoms with van der Waals surface area (Å²) in [6.07, 6.45) is 34.4. The number of unbranched alkanes of at least 4 members (excludes halogenated alkanes) is 13. The summed E-state index contributed by atoms with van der Waals surface area (Å²) in [7, 11) is 0. The highest BCUT2D eigenvalue weighted by Gasteiger charge is 2.10. The van der Waals surface area contributed by atoms with Gasteiger partial charge in [-0.25, -0.2) is 4.57 Å². The molecule has 0 radical (unpaired) electrons. The number of pyridine rings is 1. The normalized spacial score (nSPS) is 12.3. The SMILES string of the molecule is CCCCCCCCCCCCCCC(CCCC)CCC[n+]1cccc(CCCC)c1. The lowest BCUT2D eigenvalue weighted by Crippen LogP contribution is -2.33. The standard InChI is InChI=1S/C31H58N/c1-4-7-10-11-12-13-14-15-16-17-18-19-24-30(22-8-5-2)25-20-27-32-28-21-26-31(29-32)23-9-6-3/h21,26,28-30H,4-20,22-25,27H2,1-3H3/q+1. The lowest BCUT2D eigenvalue weighted by atomic mass is 9.91. The van der Waals surface area contributed by atoms with Crippen LogP contribution >= 0.6 is 0 Å². The van der Waals surface area contributed by atoms with E-state index in [1.807, 2.05) is 0 Å². The van der Waals surface area contributed by atoms with Gasteiger partial charge in [0.05, 0.1) is 0 Å². The summed E-state index contributed by atoms with van der Waals surface area (Å²) in [4.78, 5) is 0. The van der Waals surface area contributed by atoms with Crippen LogP contribution in [0.4, 0.5) is 0 Å². The third-order valence-corrected chi connectivity index (χ3v) is 7.20. The van der Waals surface area contributed by atoms with Crippen LogP contribution in [0, 0.1) is 5.92 Å². The van der Waals surface area contributed by atoms with Crippen molar-refractivity contribution in [2.24, 2.45) is 5.92 Å². The van der Waals surface area contributed by atoms with Crippen LogP contribution in [0.2, 0.25) is 0 Å². The van der Waals surface area contributed by atoms with E-state index in [-0.39, 0.29) is 0 Å². The van der Waals surface area contributed by atoms with Crippen molar-refractivity contribution in [2.45, 2.75) is 162 Å². The number of hydrogen-bond acceptors (Lipinski definition) is 0. The van der Waals surface area contributed by atoms with Gasteiger partial charge in [-0.3, -0.25) is 0 Å². The number of aromatic nitrogens is 1. The fourth-order valence-electron chi connectivity index (χ4n) is 5.01. The monoisotopic (exact) mass is 444 g/mol. The first-order chi connectivity index (χ1) is 15.8. The van der Waals surface area contributed by atoms with Crippen molar-refractivity contribution in [3.05, 3.63) is 30.1 Å². The summed E-state index contributed by atoms with van der Waals surface area (Å²) in [6.45, 7) is 8.13. The quantitative estimate of drug-likeness (QED) is 0.117. The molecule has 0 aliphatic rings. The van der Waals surface area contributed by atoms with E-state index >= 15 is 0 Å². The number of aryl methyl sites for hydroxylation is 2. The van der Waals surface area contributed by atoms with Gasteiger partial charge in [-0.15, -0.1) is 0 Å². The number of rotatable bonds is 23. The van der Waals surface area contributed by atoms with Crippen LogP contribution in [0.3, 0.4) is 0 Å². The van der Waals surface area contributed by atoms with Crippen molar-refractivity contribution in [1.82, 2.24) is 0 Å². The topological polar surface area (TPSA) is 3.88 Å². The van der Waals surface area contributed by atoms with Crippen molar-refractivity contribution in [3.8, 4) is 0 Å². The van der Waals surface area contributed by atoms with E-state index < -0.39 is 0 Å². The Labute approximate surface area is 202 Å². The van der Waals surface area contributed by atoms with Gasteiger partial charge < -0.3 is 0 Å². The maximum Gasteiger partial charge on any atom is 0.171 e. The molecule has 1 heteroatoms. The summed E-state index contributed by atoms with van der Waals surface area (Å²) in [5.41, 5.74) is 1.51. The van der Waals surface area contributed by atoms with Crippen molar-refractivity contribution in [2.75, 3.05) is 0 Å². The highest BCUT2D eigenvalue weighted by molar-refractivity contribution is 5.05. The van der Waals surface area contributed by atoms with Crippen LogP contribution in [0.25, 0.3) is 0 Å². The Morgan fingerprint density at radius 1 is 0.594 bits per heavy atom. The van der Waals surface area contributed by atoms with E-state index in [0.29, 0.717) is 0 Å². The second-order valence-corrected chi connectivity index (χ2v) is 10.4. The fraction of sp³-hybridized carbons (Fsp3) is 0.839. The van der Waals surface area contributed by atoms with Crippen molar-refractivity contribution >= 4 is 0 Å². The van der Waals surface area contributed by atoms with Crippen LogP contribution in [-0.4, -0.2) is 0 Å². The number of hydrogen-bond donors (Lipinski definition) is 0. The minimum absolute atomic E-state index is 0.960. The van der Waals surface area contributed by atoms with Gasteiger partial charge >= 0.3 is 0 Å². The maximum atomic E-state index is 2.44. The molecule has 0 fully saturated rings. The molecule has 186 valence electrons. The van der Waals surface area contributed by atoms with Crippen LogP contribution < -0.4 is 4.57 Å². The Hall–Kier alpha value is -0.850. The van der Waals surface area contributed by atoms with Crippen LogP contribution in [0.15, 0.2) is 24.5 Å². The second-order valence-electron chi connectivity index (χ2n) is 10.4. The van der Waals surface area contributed by atoms with Crippen LogP contribution in [-0.2, 0) is 13.0 Å². The van der Waals surface area contributed by atoms with Gasteiger partial charge in [-0.05, 0) is 31.2 Å². The molecule has 0 aliphatic carbocycles. The Kier molecular flexibility index (Phi) is 20.0. The molecular formula is C31H58N+. The molecule has 0 spiro atoms. The molecule has 1 atom stereocenters. The van der Waals surface area contributed by atoms with E-state index in [1.54, 1.807) is 0 Å². The van der Waals surface area contributed by atoms with Gasteiger partial charge in [0.1, 0.15) is 6.54 Å². The predicted octanol–water partition coefficient (Wildman–Crippen LogP) is 9.99. The first-order valence-electron chi connectivity index (χ1n) is 14.8. The fourth-order valence-corrected chi connectivity index (χ4v) is 5.01. The molecule has 1 rings (SSSR count). The van der Waals surface area contributed by atoms with Gasteiger partial charge in [0, 0.05) is 18.1 Å². The van der Waals surface area contributed by atoms with Crippen LogP contribution in [0.5, 0.6) is 0 Å². The molecule has 0 saturated heterocycles. The molecule has 1 aromatic heterocycles. The molecule has 0 bridgehead atoms. The van der Waals surface area contributed by atoms with Gasteiger partial charge in [-0.2, -0.15) is 0 Å². The molecule has 0 N–H and O–H groups in total. The molecule has 1 aromatic rings. The Morgan fingerprint density at radius 2 is 1.12 bits per heavy atom. The zero-order chi connectivity index (χ0) is 23.1. The Bertz CT molecular complexity index is 509. The Balaban J connectivity index is 2.12.